The summed E-state index contributed by atoms with van der Waals surface area (Å²) in [5.41, 5.74) is 4.54. The summed E-state index contributed by atoms with van der Waals surface area (Å²) < 4.78 is 6.66. The molecule has 1 amide bonds. The summed E-state index contributed by atoms with van der Waals surface area (Å²) in [6.45, 7) is 3.78. The van der Waals surface area contributed by atoms with E-state index in [9.17, 15) is 4.79 Å². The number of ether oxygens (including phenoxy) is 1. The van der Waals surface area contributed by atoms with Gasteiger partial charge >= 0.3 is 0 Å². The van der Waals surface area contributed by atoms with Crippen molar-refractivity contribution in [1.82, 2.24) is 15.1 Å². The normalized spacial score (nSPS) is 21.0. The quantitative estimate of drug-likeness (QED) is 0.838. The fourth-order valence-corrected chi connectivity index (χ4v) is 3.57. The van der Waals surface area contributed by atoms with Gasteiger partial charge in [0.2, 0.25) is 5.91 Å². The maximum Gasteiger partial charge on any atom is 0.219 e. The van der Waals surface area contributed by atoms with Crippen LogP contribution in [0.4, 0.5) is 0 Å². The van der Waals surface area contributed by atoms with Crippen molar-refractivity contribution in [3.63, 3.8) is 0 Å². The first-order valence-corrected chi connectivity index (χ1v) is 8.61. The molecule has 4 rings (SSSR count). The topological polar surface area (TPSA) is 61.5 Å². The van der Waals surface area contributed by atoms with E-state index in [1.54, 1.807) is 6.92 Å². The number of carbonyl (C=O) groups excluding carboxylic acids is 1. The van der Waals surface area contributed by atoms with Gasteiger partial charge in [-0.25, -0.2) is 0 Å². The van der Waals surface area contributed by atoms with Gasteiger partial charge in [-0.1, -0.05) is 28.1 Å². The Morgan fingerprint density at radius 1 is 1.43 bits per heavy atom. The number of epoxide rings is 1. The lowest BCUT2D eigenvalue weighted by Crippen LogP contribution is -2.34. The van der Waals surface area contributed by atoms with Crippen LogP contribution < -0.4 is 0 Å². The van der Waals surface area contributed by atoms with E-state index < -0.39 is 0 Å². The first kappa shape index (κ1) is 14.9. The number of amides is 1. The van der Waals surface area contributed by atoms with Crippen molar-refractivity contribution in [2.75, 3.05) is 13.2 Å². The summed E-state index contributed by atoms with van der Waals surface area (Å²) in [5, 5.41) is 7.77. The van der Waals surface area contributed by atoms with E-state index in [1.807, 2.05) is 17.0 Å². The standard InChI is InChI=1S/C17H18BrN3O2/c1-10(22)21-7-6-14-13(8-21)17(20-19-14)16(15-9-23-15)11-2-4-12(18)5-3-11/h2-5,15-16H,6-9H2,1H3,(H,19,20). The number of H-pyrrole nitrogens is 1. The van der Waals surface area contributed by atoms with Gasteiger partial charge in [0.1, 0.15) is 0 Å². The van der Waals surface area contributed by atoms with Gasteiger partial charge in [-0.2, -0.15) is 5.10 Å². The van der Waals surface area contributed by atoms with Gasteiger partial charge in [0, 0.05) is 42.2 Å². The Hall–Kier alpha value is -1.66. The zero-order valence-electron chi connectivity index (χ0n) is 12.9. The van der Waals surface area contributed by atoms with Crippen molar-refractivity contribution in [1.29, 1.82) is 0 Å². The van der Waals surface area contributed by atoms with E-state index in [1.165, 1.54) is 5.56 Å². The van der Waals surface area contributed by atoms with Crippen LogP contribution in [0.2, 0.25) is 0 Å². The number of aromatic nitrogens is 2. The molecule has 1 aromatic carbocycles. The SMILES string of the molecule is CC(=O)N1CCc2[nH]nc(C(c3ccc(Br)cc3)C3CO3)c2C1. The average Bonchev–Trinajstić information content (AvgIpc) is 3.29. The molecule has 23 heavy (non-hydrogen) atoms. The second kappa shape index (κ2) is 5.76. The third-order valence-corrected chi connectivity index (χ3v) is 5.19. The van der Waals surface area contributed by atoms with Crippen molar-refractivity contribution >= 4 is 21.8 Å². The van der Waals surface area contributed by atoms with E-state index in [2.05, 4.69) is 38.3 Å². The highest BCUT2D eigenvalue weighted by molar-refractivity contribution is 9.10. The van der Waals surface area contributed by atoms with Crippen molar-refractivity contribution in [2.24, 2.45) is 0 Å². The van der Waals surface area contributed by atoms with Crippen LogP contribution in [0.15, 0.2) is 28.7 Å². The summed E-state index contributed by atoms with van der Waals surface area (Å²) >= 11 is 3.48. The van der Waals surface area contributed by atoms with Crippen LogP contribution in [-0.2, 0) is 22.5 Å². The number of aromatic amines is 1. The average molecular weight is 376 g/mol. The number of nitrogens with zero attached hydrogens (tertiary/aromatic N) is 2. The van der Waals surface area contributed by atoms with Gasteiger partial charge in [-0.3, -0.25) is 9.89 Å². The van der Waals surface area contributed by atoms with Gasteiger partial charge in [0.05, 0.1) is 24.3 Å². The minimum absolute atomic E-state index is 0.116. The summed E-state index contributed by atoms with van der Waals surface area (Å²) in [7, 11) is 0. The summed E-state index contributed by atoms with van der Waals surface area (Å²) in [4.78, 5) is 13.6. The molecule has 2 aliphatic heterocycles. The Morgan fingerprint density at radius 2 is 2.17 bits per heavy atom. The molecule has 0 aliphatic carbocycles. The van der Waals surface area contributed by atoms with E-state index in [0.29, 0.717) is 6.54 Å². The molecule has 1 N–H and O–H groups in total. The first-order chi connectivity index (χ1) is 11.1. The molecule has 2 aliphatic rings. The number of rotatable bonds is 3. The predicted octanol–water partition coefficient (Wildman–Crippen LogP) is 2.61. The van der Waals surface area contributed by atoms with Crippen LogP contribution in [-0.4, -0.2) is 40.3 Å². The molecule has 0 spiro atoms. The van der Waals surface area contributed by atoms with Crippen LogP contribution in [0.25, 0.3) is 0 Å². The number of nitrogens with one attached hydrogen (secondary N) is 1. The van der Waals surface area contributed by atoms with Crippen LogP contribution in [0.1, 0.15) is 35.4 Å². The van der Waals surface area contributed by atoms with Crippen molar-refractivity contribution in [2.45, 2.75) is 31.9 Å². The van der Waals surface area contributed by atoms with Crippen molar-refractivity contribution in [3.8, 4) is 0 Å². The van der Waals surface area contributed by atoms with E-state index >= 15 is 0 Å². The number of hydrogen-bond acceptors (Lipinski definition) is 3. The Morgan fingerprint density at radius 3 is 2.83 bits per heavy atom. The molecule has 5 nitrogen and oxygen atoms in total. The highest BCUT2D eigenvalue weighted by atomic mass is 79.9. The van der Waals surface area contributed by atoms with Gasteiger partial charge in [-0.15, -0.1) is 0 Å². The molecule has 0 bridgehead atoms. The van der Waals surface area contributed by atoms with Crippen LogP contribution in [0, 0.1) is 0 Å². The minimum atomic E-state index is 0.116. The molecule has 0 saturated carbocycles. The van der Waals surface area contributed by atoms with E-state index in [4.69, 9.17) is 4.74 Å². The third kappa shape index (κ3) is 2.81. The molecule has 6 heteroatoms. The lowest BCUT2D eigenvalue weighted by molar-refractivity contribution is -0.129. The summed E-state index contributed by atoms with van der Waals surface area (Å²) in [6.07, 6.45) is 1.01. The molecule has 1 aromatic heterocycles. The molecule has 1 fully saturated rings. The number of fused-ring (bicyclic) bond motifs is 1. The zero-order valence-corrected chi connectivity index (χ0v) is 14.5. The maximum absolute atomic E-state index is 11.7. The second-order valence-corrected chi connectivity index (χ2v) is 7.07. The molecule has 3 heterocycles. The van der Waals surface area contributed by atoms with E-state index in [0.717, 1.165) is 41.0 Å². The lowest BCUT2D eigenvalue weighted by atomic mass is 9.88. The van der Waals surface area contributed by atoms with Gasteiger partial charge in [-0.05, 0) is 17.7 Å². The molecule has 1 saturated heterocycles. The Bertz CT molecular complexity index is 737. The van der Waals surface area contributed by atoms with Crippen molar-refractivity contribution in [3.05, 3.63) is 51.3 Å². The Labute approximate surface area is 143 Å². The molecule has 2 aromatic rings. The fourth-order valence-electron chi connectivity index (χ4n) is 3.31. The monoisotopic (exact) mass is 375 g/mol. The largest absolute Gasteiger partial charge is 0.372 e. The Kier molecular flexibility index (Phi) is 3.73. The second-order valence-electron chi connectivity index (χ2n) is 6.16. The maximum atomic E-state index is 11.7. The molecule has 2 atom stereocenters. The van der Waals surface area contributed by atoms with Crippen LogP contribution in [0.3, 0.4) is 0 Å². The molecule has 0 radical (unpaired) electrons. The number of halogens is 1. The first-order valence-electron chi connectivity index (χ1n) is 7.82. The number of carbonyl (C=O) groups is 1. The third-order valence-electron chi connectivity index (χ3n) is 4.67. The van der Waals surface area contributed by atoms with E-state index in [-0.39, 0.29) is 17.9 Å². The summed E-state index contributed by atoms with van der Waals surface area (Å²) in [6, 6.07) is 8.32. The molecule has 120 valence electrons. The molecular formula is C17H18BrN3O2. The summed E-state index contributed by atoms with van der Waals surface area (Å²) in [5.74, 6) is 0.237. The molecule has 2 unspecified atom stereocenters. The molecular weight excluding hydrogens is 358 g/mol. The zero-order chi connectivity index (χ0) is 16.0. The number of hydrogen-bond donors (Lipinski definition) is 1. The number of benzene rings is 1. The highest BCUT2D eigenvalue weighted by Gasteiger charge is 2.39. The van der Waals surface area contributed by atoms with Gasteiger partial charge in [0.15, 0.2) is 0 Å². The van der Waals surface area contributed by atoms with Crippen LogP contribution >= 0.6 is 15.9 Å². The van der Waals surface area contributed by atoms with Crippen LogP contribution in [0.5, 0.6) is 0 Å². The fraction of sp³-hybridized carbons (Fsp3) is 0.412. The smallest absolute Gasteiger partial charge is 0.219 e. The van der Waals surface area contributed by atoms with Gasteiger partial charge in [0.25, 0.3) is 0 Å². The lowest BCUT2D eigenvalue weighted by Gasteiger charge is -2.27. The predicted molar refractivity (Wildman–Crippen MR) is 89.1 cm³/mol. The minimum Gasteiger partial charge on any atom is -0.372 e. The Balaban J connectivity index is 1.72. The van der Waals surface area contributed by atoms with Gasteiger partial charge < -0.3 is 9.64 Å². The van der Waals surface area contributed by atoms with Crippen molar-refractivity contribution < 1.29 is 9.53 Å². The highest BCUT2D eigenvalue weighted by Crippen LogP contribution is 2.38.